The molecule has 1 aromatic heterocycles. The average molecular weight is 283 g/mol. The fraction of sp³-hybridized carbons (Fsp3) is 0.308. The van der Waals surface area contributed by atoms with Crippen LogP contribution in [-0.2, 0) is 7.05 Å². The van der Waals surface area contributed by atoms with Crippen LogP contribution in [0.2, 0.25) is 5.02 Å². The van der Waals surface area contributed by atoms with E-state index in [4.69, 9.17) is 21.1 Å². The second-order valence-corrected chi connectivity index (χ2v) is 4.45. The van der Waals surface area contributed by atoms with E-state index < -0.39 is 6.10 Å². The Balaban J connectivity index is 2.51. The van der Waals surface area contributed by atoms with E-state index >= 15 is 0 Å². The first-order valence-corrected chi connectivity index (χ1v) is 6.03. The van der Waals surface area contributed by atoms with Crippen molar-refractivity contribution in [3.63, 3.8) is 0 Å². The van der Waals surface area contributed by atoms with E-state index in [1.54, 1.807) is 43.2 Å². The van der Waals surface area contributed by atoms with E-state index in [0.29, 0.717) is 27.8 Å². The SMILES string of the molecule is COc1ccc(Cl)cc1C(O)c1c(OC)cnn1C. The van der Waals surface area contributed by atoms with Gasteiger partial charge >= 0.3 is 0 Å². The lowest BCUT2D eigenvalue weighted by atomic mass is 10.0. The number of hydrogen-bond donors (Lipinski definition) is 1. The Morgan fingerprint density at radius 1 is 1.26 bits per heavy atom. The molecule has 0 bridgehead atoms. The highest BCUT2D eigenvalue weighted by Gasteiger charge is 2.23. The molecule has 0 saturated heterocycles. The van der Waals surface area contributed by atoms with Gasteiger partial charge in [0.15, 0.2) is 5.75 Å². The first-order chi connectivity index (χ1) is 9.08. The van der Waals surface area contributed by atoms with Crippen LogP contribution in [0.3, 0.4) is 0 Å². The van der Waals surface area contributed by atoms with Crippen LogP contribution in [0.15, 0.2) is 24.4 Å². The number of nitrogens with zero attached hydrogens (tertiary/aromatic N) is 2. The van der Waals surface area contributed by atoms with Crippen LogP contribution in [0.5, 0.6) is 11.5 Å². The van der Waals surface area contributed by atoms with Crippen molar-refractivity contribution >= 4 is 11.6 Å². The van der Waals surface area contributed by atoms with Crippen molar-refractivity contribution < 1.29 is 14.6 Å². The van der Waals surface area contributed by atoms with Gasteiger partial charge in [0.05, 0.1) is 20.4 Å². The molecular weight excluding hydrogens is 268 g/mol. The van der Waals surface area contributed by atoms with Crippen molar-refractivity contribution in [3.05, 3.63) is 40.7 Å². The second kappa shape index (κ2) is 5.50. The van der Waals surface area contributed by atoms with Gasteiger partial charge in [-0.3, -0.25) is 4.68 Å². The molecule has 0 saturated carbocycles. The number of benzene rings is 1. The maximum Gasteiger partial charge on any atom is 0.162 e. The summed E-state index contributed by atoms with van der Waals surface area (Å²) in [6.45, 7) is 0. The summed E-state index contributed by atoms with van der Waals surface area (Å²) in [6, 6.07) is 5.08. The number of aryl methyl sites for hydroxylation is 1. The molecule has 2 aromatic rings. The molecule has 2 rings (SSSR count). The van der Waals surface area contributed by atoms with Gasteiger partial charge in [-0.25, -0.2) is 0 Å². The minimum Gasteiger partial charge on any atom is -0.496 e. The van der Waals surface area contributed by atoms with Crippen LogP contribution in [-0.4, -0.2) is 29.1 Å². The van der Waals surface area contributed by atoms with Gasteiger partial charge in [-0.2, -0.15) is 5.10 Å². The van der Waals surface area contributed by atoms with Gasteiger partial charge in [0, 0.05) is 17.6 Å². The van der Waals surface area contributed by atoms with E-state index in [9.17, 15) is 5.11 Å². The third-order valence-corrected chi connectivity index (χ3v) is 3.15. The standard InChI is InChI=1S/C13H15ClN2O3/c1-16-12(11(19-3)7-15-16)13(17)9-6-8(14)4-5-10(9)18-2/h4-7,13,17H,1-3H3. The van der Waals surface area contributed by atoms with Gasteiger partial charge in [-0.1, -0.05) is 11.6 Å². The predicted molar refractivity (Wildman–Crippen MR) is 71.8 cm³/mol. The molecule has 1 atom stereocenters. The molecular formula is C13H15ClN2O3. The average Bonchev–Trinajstić information content (AvgIpc) is 2.79. The normalized spacial score (nSPS) is 12.3. The Kier molecular flexibility index (Phi) is 3.97. The van der Waals surface area contributed by atoms with E-state index in [2.05, 4.69) is 5.10 Å². The van der Waals surface area contributed by atoms with Gasteiger partial charge in [0.25, 0.3) is 0 Å². The molecule has 1 heterocycles. The van der Waals surface area contributed by atoms with Crippen molar-refractivity contribution in [2.45, 2.75) is 6.10 Å². The number of rotatable bonds is 4. The largest absolute Gasteiger partial charge is 0.496 e. The molecule has 1 N–H and O–H groups in total. The van der Waals surface area contributed by atoms with Crippen molar-refractivity contribution in [3.8, 4) is 11.5 Å². The monoisotopic (exact) mass is 282 g/mol. The topological polar surface area (TPSA) is 56.5 Å². The first-order valence-electron chi connectivity index (χ1n) is 5.66. The van der Waals surface area contributed by atoms with Crippen LogP contribution in [0.25, 0.3) is 0 Å². The summed E-state index contributed by atoms with van der Waals surface area (Å²) < 4.78 is 12.0. The summed E-state index contributed by atoms with van der Waals surface area (Å²) in [6.07, 6.45) is 0.617. The molecule has 0 spiro atoms. The minimum atomic E-state index is -0.934. The van der Waals surface area contributed by atoms with E-state index in [1.807, 2.05) is 0 Å². The van der Waals surface area contributed by atoms with Gasteiger partial charge in [-0.05, 0) is 18.2 Å². The predicted octanol–water partition coefficient (Wildman–Crippen LogP) is 2.17. The summed E-state index contributed by atoms with van der Waals surface area (Å²) in [5.41, 5.74) is 1.11. The summed E-state index contributed by atoms with van der Waals surface area (Å²) in [7, 11) is 4.81. The Bertz CT molecular complexity index is 583. The number of aliphatic hydroxyl groups excluding tert-OH is 1. The molecule has 1 unspecified atom stereocenters. The Morgan fingerprint density at radius 2 is 1.95 bits per heavy atom. The van der Waals surface area contributed by atoms with Gasteiger partial charge in [0.2, 0.25) is 0 Å². The molecule has 0 radical (unpaired) electrons. The van der Waals surface area contributed by atoms with Gasteiger partial charge < -0.3 is 14.6 Å². The molecule has 6 heteroatoms. The highest BCUT2D eigenvalue weighted by atomic mass is 35.5. The number of aromatic nitrogens is 2. The lowest BCUT2D eigenvalue weighted by Gasteiger charge is -2.16. The highest BCUT2D eigenvalue weighted by molar-refractivity contribution is 6.30. The number of methoxy groups -OCH3 is 2. The molecule has 5 nitrogen and oxygen atoms in total. The smallest absolute Gasteiger partial charge is 0.162 e. The minimum absolute atomic E-state index is 0.511. The van der Waals surface area contributed by atoms with Crippen LogP contribution < -0.4 is 9.47 Å². The zero-order valence-corrected chi connectivity index (χ0v) is 11.7. The maximum absolute atomic E-state index is 10.5. The van der Waals surface area contributed by atoms with Crippen molar-refractivity contribution in [1.82, 2.24) is 9.78 Å². The quantitative estimate of drug-likeness (QED) is 0.934. The van der Waals surface area contributed by atoms with E-state index in [-0.39, 0.29) is 0 Å². The molecule has 0 aliphatic heterocycles. The van der Waals surface area contributed by atoms with E-state index in [1.165, 1.54) is 7.11 Å². The number of aliphatic hydroxyl groups is 1. The molecule has 19 heavy (non-hydrogen) atoms. The Labute approximate surface area is 116 Å². The molecule has 1 aromatic carbocycles. The highest BCUT2D eigenvalue weighted by Crippen LogP contribution is 2.35. The van der Waals surface area contributed by atoms with Crippen molar-refractivity contribution in [1.29, 1.82) is 0 Å². The summed E-state index contributed by atoms with van der Waals surface area (Å²) in [5.74, 6) is 1.07. The fourth-order valence-electron chi connectivity index (χ4n) is 1.96. The third kappa shape index (κ3) is 2.52. The fourth-order valence-corrected chi connectivity index (χ4v) is 2.14. The van der Waals surface area contributed by atoms with Gasteiger partial charge in [-0.15, -0.1) is 0 Å². The summed E-state index contributed by atoms with van der Waals surface area (Å²) in [5, 5.41) is 15.1. The Morgan fingerprint density at radius 3 is 2.58 bits per heavy atom. The zero-order chi connectivity index (χ0) is 14.0. The van der Waals surface area contributed by atoms with Crippen LogP contribution >= 0.6 is 11.6 Å². The van der Waals surface area contributed by atoms with Crippen LogP contribution in [0, 0.1) is 0 Å². The van der Waals surface area contributed by atoms with E-state index in [0.717, 1.165) is 0 Å². The van der Waals surface area contributed by atoms with Crippen LogP contribution in [0.4, 0.5) is 0 Å². The maximum atomic E-state index is 10.5. The zero-order valence-electron chi connectivity index (χ0n) is 10.9. The summed E-state index contributed by atoms with van der Waals surface area (Å²) >= 11 is 5.97. The van der Waals surface area contributed by atoms with Crippen LogP contribution in [0.1, 0.15) is 17.4 Å². The molecule has 102 valence electrons. The lowest BCUT2D eigenvalue weighted by molar-refractivity contribution is 0.199. The van der Waals surface area contributed by atoms with Gasteiger partial charge in [0.1, 0.15) is 17.5 Å². The number of halogens is 1. The molecule has 0 fully saturated rings. The Hall–Kier alpha value is -1.72. The lowest BCUT2D eigenvalue weighted by Crippen LogP contribution is -2.09. The molecule has 0 amide bonds. The molecule has 0 aliphatic rings. The van der Waals surface area contributed by atoms with Crippen molar-refractivity contribution in [2.75, 3.05) is 14.2 Å². The molecule has 0 aliphatic carbocycles. The summed E-state index contributed by atoms with van der Waals surface area (Å²) in [4.78, 5) is 0. The third-order valence-electron chi connectivity index (χ3n) is 2.91. The van der Waals surface area contributed by atoms with Crippen molar-refractivity contribution in [2.24, 2.45) is 7.05 Å². The first kappa shape index (κ1) is 13.7. The number of ether oxygens (including phenoxy) is 2. The second-order valence-electron chi connectivity index (χ2n) is 4.01. The number of hydrogen-bond acceptors (Lipinski definition) is 4.